The van der Waals surface area contributed by atoms with Gasteiger partial charge in [-0.2, -0.15) is 0 Å². The van der Waals surface area contributed by atoms with Crippen molar-refractivity contribution in [3.05, 3.63) is 82.8 Å². The molecule has 9 nitrogen and oxygen atoms in total. The number of aliphatic hydroxyl groups is 2. The Labute approximate surface area is 289 Å². The van der Waals surface area contributed by atoms with Gasteiger partial charge in [-0.05, 0) is 59.2 Å². The summed E-state index contributed by atoms with van der Waals surface area (Å²) in [4.78, 5) is 16.8. The Balaban J connectivity index is 1.34. The Morgan fingerprint density at radius 2 is 1.82 bits per heavy atom. The minimum absolute atomic E-state index is 0.0146. The van der Waals surface area contributed by atoms with Gasteiger partial charge < -0.3 is 41.1 Å². The first-order valence-corrected chi connectivity index (χ1v) is 17.9. The van der Waals surface area contributed by atoms with Gasteiger partial charge in [0.15, 0.2) is 17.7 Å². The fraction of sp³-hybridized carbons (Fsp3) is 0.475. The number of phenolic OH excluding ortho intramolecular Hbond substituents is 1. The molecule has 2 aromatic carbocycles. The number of carbonyl (C=O) groups is 1. The number of hydrogen-bond acceptors (Lipinski definition) is 7. The molecule has 0 radical (unpaired) electrons. The van der Waals surface area contributed by atoms with Crippen molar-refractivity contribution in [1.82, 2.24) is 9.55 Å². The molecule has 4 aromatic rings. The van der Waals surface area contributed by atoms with Gasteiger partial charge in [0.2, 0.25) is 0 Å². The number of nitrogens with zero attached hydrogens (tertiary/aromatic N) is 1. The highest BCUT2D eigenvalue weighted by Crippen LogP contribution is 2.34. The monoisotopic (exact) mass is 668 g/mol. The number of nitrogens with one attached hydrogen (secondary N) is 1. The van der Waals surface area contributed by atoms with Crippen LogP contribution in [0.2, 0.25) is 0 Å². The van der Waals surface area contributed by atoms with Gasteiger partial charge in [0.1, 0.15) is 11.9 Å². The second-order valence-electron chi connectivity index (χ2n) is 13.4. The molecule has 0 aliphatic carbocycles. The van der Waals surface area contributed by atoms with Crippen molar-refractivity contribution in [2.75, 3.05) is 0 Å². The lowest BCUT2D eigenvalue weighted by molar-refractivity contribution is -0.126. The lowest BCUT2D eigenvalue weighted by Gasteiger charge is -2.22. The first-order chi connectivity index (χ1) is 23.7. The number of phenols is 1. The summed E-state index contributed by atoms with van der Waals surface area (Å²) in [5.41, 5.74) is 17.1. The van der Waals surface area contributed by atoms with Crippen molar-refractivity contribution >= 4 is 16.7 Å². The maximum atomic E-state index is 13.4. The van der Waals surface area contributed by atoms with E-state index >= 15 is 0 Å². The van der Waals surface area contributed by atoms with Crippen LogP contribution in [0.4, 0.5) is 0 Å². The van der Waals surface area contributed by atoms with Crippen LogP contribution in [0.15, 0.2) is 55.0 Å². The lowest BCUT2D eigenvalue weighted by atomic mass is 9.86. The molecule has 0 amide bonds. The zero-order valence-electron chi connectivity index (χ0n) is 28.8. The molecular formula is C40H52N4O5. The highest BCUT2D eigenvalue weighted by molar-refractivity contribution is 5.83. The number of H-pyrrole nitrogens is 1. The van der Waals surface area contributed by atoms with Crippen LogP contribution in [0.1, 0.15) is 124 Å². The molecule has 49 heavy (non-hydrogen) atoms. The van der Waals surface area contributed by atoms with Crippen molar-refractivity contribution < 1.29 is 24.9 Å². The van der Waals surface area contributed by atoms with Gasteiger partial charge in [-0.15, -0.1) is 0 Å². The number of ketones is 1. The molecule has 4 atom stereocenters. The van der Waals surface area contributed by atoms with Crippen LogP contribution in [-0.4, -0.2) is 36.8 Å². The van der Waals surface area contributed by atoms with Crippen LogP contribution in [0.3, 0.4) is 0 Å². The summed E-state index contributed by atoms with van der Waals surface area (Å²) in [5, 5.41) is 33.9. The predicted molar refractivity (Wildman–Crippen MR) is 193 cm³/mol. The number of Topliss-reactive ketones (excluding diaryl/α,β-unsaturated/α-hetero) is 1. The molecule has 262 valence electrons. The van der Waals surface area contributed by atoms with Gasteiger partial charge in [0.25, 0.3) is 0 Å². The second-order valence-corrected chi connectivity index (χ2v) is 13.4. The van der Waals surface area contributed by atoms with Gasteiger partial charge in [-0.3, -0.25) is 4.79 Å². The van der Waals surface area contributed by atoms with E-state index in [1.54, 1.807) is 12.1 Å². The summed E-state index contributed by atoms with van der Waals surface area (Å²) >= 11 is 0. The SMILES string of the molecule is CCCCCC(O)C(CCCCC)C(=O)CCc1ccc(O)c(OC2CC#CC(O)c3ccc(C(N)N)cc3Cc3c[nH]c4cn2cc34)c1. The molecule has 0 saturated heterocycles. The molecule has 2 bridgehead atoms. The lowest BCUT2D eigenvalue weighted by Crippen LogP contribution is -2.28. The van der Waals surface area contributed by atoms with Crippen molar-refractivity contribution in [2.24, 2.45) is 17.4 Å². The van der Waals surface area contributed by atoms with E-state index in [1.165, 1.54) is 0 Å². The Morgan fingerprint density at radius 1 is 1.04 bits per heavy atom. The highest BCUT2D eigenvalue weighted by atomic mass is 16.5. The van der Waals surface area contributed by atoms with Crippen LogP contribution in [0, 0.1) is 17.8 Å². The number of benzene rings is 2. The topological polar surface area (TPSA) is 160 Å². The van der Waals surface area contributed by atoms with E-state index in [2.05, 4.69) is 30.7 Å². The number of nitrogens with two attached hydrogens (primary N) is 2. The number of carbonyl (C=O) groups excluding carboxylic acids is 1. The number of aliphatic hydroxyl groups excluding tert-OH is 2. The van der Waals surface area contributed by atoms with Gasteiger partial charge in [0, 0.05) is 42.7 Å². The molecule has 8 N–H and O–H groups in total. The number of aromatic amines is 1. The van der Waals surface area contributed by atoms with E-state index in [0.29, 0.717) is 37.7 Å². The Hall–Kier alpha value is -4.07. The fourth-order valence-corrected chi connectivity index (χ4v) is 6.78. The van der Waals surface area contributed by atoms with Gasteiger partial charge in [0.05, 0.1) is 24.2 Å². The van der Waals surface area contributed by atoms with Crippen molar-refractivity contribution in [1.29, 1.82) is 0 Å². The maximum absolute atomic E-state index is 13.4. The van der Waals surface area contributed by atoms with Crippen LogP contribution in [-0.2, 0) is 17.6 Å². The number of aryl methyl sites for hydroxylation is 1. The summed E-state index contributed by atoms with van der Waals surface area (Å²) in [6.45, 7) is 4.27. The molecule has 0 saturated carbocycles. The number of unbranched alkanes of at least 4 members (excludes halogenated alkanes) is 4. The first-order valence-electron chi connectivity index (χ1n) is 17.9. The summed E-state index contributed by atoms with van der Waals surface area (Å²) in [6, 6.07) is 10.8. The van der Waals surface area contributed by atoms with E-state index in [4.69, 9.17) is 16.2 Å². The minimum atomic E-state index is -1.02. The zero-order valence-corrected chi connectivity index (χ0v) is 28.8. The number of fused-ring (bicyclic) bond motifs is 2. The number of rotatable bonds is 16. The quantitative estimate of drug-likeness (QED) is 0.0433. The third-order valence-corrected chi connectivity index (χ3v) is 9.72. The molecule has 4 unspecified atom stereocenters. The molecule has 0 fully saturated rings. The summed E-state index contributed by atoms with van der Waals surface area (Å²) < 4.78 is 8.36. The third-order valence-electron chi connectivity index (χ3n) is 9.72. The van der Waals surface area contributed by atoms with E-state index in [1.807, 2.05) is 47.4 Å². The molecule has 5 rings (SSSR count). The standard InChI is InChI=1S/C40H52N4O5/c1-3-5-7-10-31(35(46)11-8-6-4-2)36(47)18-14-26-15-19-37(48)38(20-26)49-39-13-9-12-34(45)30-17-16-27(40(41)42)21-28(30)22-29-23-43-33-25-44(39)24-32(29)33/h15-17,19-21,23-25,31,34-35,39-40,43,45-46,48H,3-8,10-11,13-14,18,22,41-42H2,1-2H3. The Kier molecular flexibility index (Phi) is 12.6. The molecule has 0 spiro atoms. The van der Waals surface area contributed by atoms with E-state index in [-0.39, 0.29) is 29.6 Å². The number of aromatic hydroxyl groups is 1. The largest absolute Gasteiger partial charge is 0.504 e. The second kappa shape index (κ2) is 17.0. The highest BCUT2D eigenvalue weighted by Gasteiger charge is 2.26. The van der Waals surface area contributed by atoms with Gasteiger partial charge in [-0.1, -0.05) is 88.5 Å². The van der Waals surface area contributed by atoms with Crippen LogP contribution < -0.4 is 16.2 Å². The average molecular weight is 669 g/mol. The molecule has 1 aliphatic heterocycles. The summed E-state index contributed by atoms with van der Waals surface area (Å²) in [7, 11) is 0. The van der Waals surface area contributed by atoms with Crippen LogP contribution >= 0.6 is 0 Å². The van der Waals surface area contributed by atoms with E-state index < -0.39 is 24.6 Å². The number of hydrogen-bond donors (Lipinski definition) is 6. The molecular weight excluding hydrogens is 616 g/mol. The van der Waals surface area contributed by atoms with Crippen molar-refractivity contribution in [3.8, 4) is 23.3 Å². The van der Waals surface area contributed by atoms with Crippen molar-refractivity contribution in [2.45, 2.75) is 115 Å². The predicted octanol–water partition coefficient (Wildman–Crippen LogP) is 6.84. The Bertz CT molecular complexity index is 1760. The van der Waals surface area contributed by atoms with E-state index in [9.17, 15) is 20.1 Å². The average Bonchev–Trinajstić information content (AvgIpc) is 3.67. The maximum Gasteiger partial charge on any atom is 0.186 e. The minimum Gasteiger partial charge on any atom is -0.504 e. The molecule has 9 heteroatoms. The third kappa shape index (κ3) is 9.14. The summed E-state index contributed by atoms with van der Waals surface area (Å²) in [5.74, 6) is 6.09. The smallest absolute Gasteiger partial charge is 0.186 e. The fourth-order valence-electron chi connectivity index (χ4n) is 6.78. The zero-order chi connectivity index (χ0) is 34.9. The molecule has 2 aromatic heterocycles. The normalized spacial score (nSPS) is 17.2. The molecule has 3 heterocycles. The Morgan fingerprint density at radius 3 is 2.57 bits per heavy atom. The number of aromatic nitrogens is 2. The van der Waals surface area contributed by atoms with Gasteiger partial charge >= 0.3 is 0 Å². The first kappa shape index (κ1) is 36.2. The van der Waals surface area contributed by atoms with Crippen LogP contribution in [0.25, 0.3) is 10.9 Å². The molecule has 1 aliphatic rings. The van der Waals surface area contributed by atoms with Crippen molar-refractivity contribution in [3.63, 3.8) is 0 Å². The van der Waals surface area contributed by atoms with Crippen LogP contribution in [0.5, 0.6) is 11.5 Å². The van der Waals surface area contributed by atoms with Gasteiger partial charge in [-0.25, -0.2) is 0 Å². The van der Waals surface area contributed by atoms with E-state index in [0.717, 1.165) is 71.7 Å². The summed E-state index contributed by atoms with van der Waals surface area (Å²) in [6.07, 6.45) is 12.1. The number of ether oxygens (including phenoxy) is 1.